The van der Waals surface area contributed by atoms with Crippen molar-refractivity contribution in [2.45, 2.75) is 11.3 Å². The van der Waals surface area contributed by atoms with Crippen molar-refractivity contribution in [1.29, 1.82) is 0 Å². The number of benzene rings is 2. The molecule has 7 heteroatoms. The lowest BCUT2D eigenvalue weighted by molar-refractivity contribution is 0.313. The van der Waals surface area contributed by atoms with Crippen LogP contribution in [-0.2, 0) is 16.4 Å². The molecule has 0 atom stereocenters. The Labute approximate surface area is 154 Å². The number of anilines is 1. The zero-order valence-electron chi connectivity index (χ0n) is 14.9. The van der Waals surface area contributed by atoms with Crippen molar-refractivity contribution in [1.82, 2.24) is 9.62 Å². The van der Waals surface area contributed by atoms with Crippen LogP contribution in [0.1, 0.15) is 5.56 Å². The molecule has 140 valence electrons. The summed E-state index contributed by atoms with van der Waals surface area (Å²) in [4.78, 5) is 4.35. The lowest BCUT2D eigenvalue weighted by Crippen LogP contribution is -2.44. The van der Waals surface area contributed by atoms with E-state index < -0.39 is 15.8 Å². The Bertz CT molecular complexity index is 832. The molecule has 0 bridgehead atoms. The highest BCUT2D eigenvalue weighted by molar-refractivity contribution is 7.89. The maximum absolute atomic E-state index is 13.7. The Balaban J connectivity index is 1.54. The molecule has 5 nitrogen and oxygen atoms in total. The minimum atomic E-state index is -3.83. The predicted octanol–water partition coefficient (Wildman–Crippen LogP) is 2.10. The molecule has 1 aliphatic rings. The van der Waals surface area contributed by atoms with Crippen molar-refractivity contribution in [3.05, 3.63) is 59.9 Å². The molecule has 1 heterocycles. The molecule has 0 spiro atoms. The van der Waals surface area contributed by atoms with Gasteiger partial charge in [0.2, 0.25) is 10.0 Å². The molecule has 1 fully saturated rings. The van der Waals surface area contributed by atoms with E-state index in [1.54, 1.807) is 0 Å². The summed E-state index contributed by atoms with van der Waals surface area (Å²) in [5, 5.41) is 0. The van der Waals surface area contributed by atoms with E-state index in [0.29, 0.717) is 6.42 Å². The normalized spacial score (nSPS) is 16.0. The second kappa shape index (κ2) is 8.16. The number of hydrogen-bond acceptors (Lipinski definition) is 4. The average Bonchev–Trinajstić information content (AvgIpc) is 2.63. The van der Waals surface area contributed by atoms with Gasteiger partial charge < -0.3 is 9.80 Å². The molecule has 3 rings (SSSR count). The molecule has 0 aromatic heterocycles. The lowest BCUT2D eigenvalue weighted by atomic mass is 10.1. The molecule has 1 saturated heterocycles. The predicted molar refractivity (Wildman–Crippen MR) is 101 cm³/mol. The van der Waals surface area contributed by atoms with Crippen molar-refractivity contribution in [3.8, 4) is 0 Å². The number of rotatable bonds is 6. The van der Waals surface area contributed by atoms with E-state index in [4.69, 9.17) is 0 Å². The number of nitrogens with one attached hydrogen (secondary N) is 1. The van der Waals surface area contributed by atoms with Crippen molar-refractivity contribution in [3.63, 3.8) is 0 Å². The first-order valence-corrected chi connectivity index (χ1v) is 10.2. The van der Waals surface area contributed by atoms with Gasteiger partial charge in [0.15, 0.2) is 0 Å². The standard InChI is InChI=1S/C19H24FN3O2S/c1-22-12-14-23(15-13-22)17-8-6-16(7-9-17)10-11-21-26(24,25)19-5-3-2-4-18(19)20/h2-9,21H,10-15H2,1H3. The van der Waals surface area contributed by atoms with Crippen LogP contribution in [0.2, 0.25) is 0 Å². The third-order valence-electron chi connectivity index (χ3n) is 4.64. The summed E-state index contributed by atoms with van der Waals surface area (Å²) < 4.78 is 40.5. The second-order valence-electron chi connectivity index (χ2n) is 6.53. The van der Waals surface area contributed by atoms with Crippen LogP contribution in [0.15, 0.2) is 53.4 Å². The van der Waals surface area contributed by atoms with Crippen LogP contribution in [0.4, 0.5) is 10.1 Å². The summed E-state index contributed by atoms with van der Waals surface area (Å²) >= 11 is 0. The lowest BCUT2D eigenvalue weighted by Gasteiger charge is -2.34. The SMILES string of the molecule is CN1CCN(c2ccc(CCNS(=O)(=O)c3ccccc3F)cc2)CC1. The Morgan fingerprint density at radius 2 is 1.65 bits per heavy atom. The van der Waals surface area contributed by atoms with Crippen molar-refractivity contribution < 1.29 is 12.8 Å². The van der Waals surface area contributed by atoms with Crippen LogP contribution in [0.3, 0.4) is 0 Å². The topological polar surface area (TPSA) is 52.6 Å². The highest BCUT2D eigenvalue weighted by Crippen LogP contribution is 2.17. The molecule has 0 amide bonds. The maximum Gasteiger partial charge on any atom is 0.243 e. The molecule has 1 N–H and O–H groups in total. The smallest absolute Gasteiger partial charge is 0.243 e. The van der Waals surface area contributed by atoms with Gasteiger partial charge in [0, 0.05) is 38.4 Å². The summed E-state index contributed by atoms with van der Waals surface area (Å²) in [5.41, 5.74) is 2.23. The fourth-order valence-corrected chi connectivity index (χ4v) is 4.12. The molecule has 26 heavy (non-hydrogen) atoms. The Morgan fingerprint density at radius 1 is 1.00 bits per heavy atom. The van der Waals surface area contributed by atoms with Gasteiger partial charge in [0.05, 0.1) is 0 Å². The maximum atomic E-state index is 13.7. The van der Waals surface area contributed by atoms with E-state index in [1.165, 1.54) is 23.9 Å². The first-order valence-electron chi connectivity index (χ1n) is 8.72. The molecule has 0 saturated carbocycles. The van der Waals surface area contributed by atoms with Gasteiger partial charge in [-0.2, -0.15) is 0 Å². The van der Waals surface area contributed by atoms with Crippen LogP contribution >= 0.6 is 0 Å². The molecule has 0 aliphatic carbocycles. The Hall–Kier alpha value is -1.96. The molecular formula is C19H24FN3O2S. The minimum absolute atomic E-state index is 0.227. The van der Waals surface area contributed by atoms with Gasteiger partial charge in [0.25, 0.3) is 0 Å². The fourth-order valence-electron chi connectivity index (χ4n) is 3.01. The number of sulfonamides is 1. The van der Waals surface area contributed by atoms with Gasteiger partial charge >= 0.3 is 0 Å². The Morgan fingerprint density at radius 3 is 2.31 bits per heavy atom. The first-order chi connectivity index (χ1) is 12.5. The number of nitrogens with zero attached hydrogens (tertiary/aromatic N) is 2. The van der Waals surface area contributed by atoms with Crippen molar-refractivity contribution in [2.75, 3.05) is 44.7 Å². The highest BCUT2D eigenvalue weighted by atomic mass is 32.2. The molecule has 1 aliphatic heterocycles. The second-order valence-corrected chi connectivity index (χ2v) is 8.27. The van der Waals surface area contributed by atoms with E-state index in [0.717, 1.165) is 37.8 Å². The molecule has 2 aromatic rings. The zero-order chi connectivity index (χ0) is 18.6. The van der Waals surface area contributed by atoms with Crippen LogP contribution in [0.25, 0.3) is 0 Å². The van der Waals surface area contributed by atoms with Gasteiger partial charge in [-0.3, -0.25) is 0 Å². The number of halogens is 1. The number of hydrogen-bond donors (Lipinski definition) is 1. The third kappa shape index (κ3) is 4.60. The average molecular weight is 377 g/mol. The van der Waals surface area contributed by atoms with E-state index in [2.05, 4.69) is 33.7 Å². The van der Waals surface area contributed by atoms with Gasteiger partial charge in [-0.25, -0.2) is 17.5 Å². The quantitative estimate of drug-likeness (QED) is 0.838. The van der Waals surface area contributed by atoms with Crippen molar-refractivity contribution >= 4 is 15.7 Å². The molecular weight excluding hydrogens is 353 g/mol. The van der Waals surface area contributed by atoms with Gasteiger partial charge in [-0.05, 0) is 43.3 Å². The fraction of sp³-hybridized carbons (Fsp3) is 0.368. The number of piperazine rings is 1. The van der Waals surface area contributed by atoms with Crippen LogP contribution < -0.4 is 9.62 Å². The van der Waals surface area contributed by atoms with Crippen LogP contribution in [0, 0.1) is 5.82 Å². The Kier molecular flexibility index (Phi) is 5.90. The summed E-state index contributed by atoms with van der Waals surface area (Å²) in [5.74, 6) is -0.739. The van der Waals surface area contributed by atoms with E-state index >= 15 is 0 Å². The first kappa shape index (κ1) is 18.8. The molecule has 0 unspecified atom stereocenters. The summed E-state index contributed by atoms with van der Waals surface area (Å²) in [6.45, 7) is 4.36. The molecule has 0 radical (unpaired) electrons. The zero-order valence-corrected chi connectivity index (χ0v) is 15.7. The van der Waals surface area contributed by atoms with Gasteiger partial charge in [-0.15, -0.1) is 0 Å². The van der Waals surface area contributed by atoms with Crippen LogP contribution in [-0.4, -0.2) is 53.1 Å². The number of likely N-dealkylation sites (N-methyl/N-ethyl adjacent to an activating group) is 1. The van der Waals surface area contributed by atoms with E-state index in [9.17, 15) is 12.8 Å². The summed E-state index contributed by atoms with van der Waals surface area (Å²) in [7, 11) is -1.70. The van der Waals surface area contributed by atoms with Gasteiger partial charge in [0.1, 0.15) is 10.7 Å². The van der Waals surface area contributed by atoms with E-state index in [1.807, 2.05) is 12.1 Å². The van der Waals surface area contributed by atoms with Crippen molar-refractivity contribution in [2.24, 2.45) is 0 Å². The third-order valence-corrected chi connectivity index (χ3v) is 6.13. The van der Waals surface area contributed by atoms with Crippen LogP contribution in [0.5, 0.6) is 0 Å². The highest BCUT2D eigenvalue weighted by Gasteiger charge is 2.18. The van der Waals surface area contributed by atoms with Gasteiger partial charge in [-0.1, -0.05) is 24.3 Å². The molecule has 2 aromatic carbocycles. The largest absolute Gasteiger partial charge is 0.369 e. The minimum Gasteiger partial charge on any atom is -0.369 e. The summed E-state index contributed by atoms with van der Waals surface area (Å²) in [6, 6.07) is 13.6. The monoisotopic (exact) mass is 377 g/mol. The summed E-state index contributed by atoms with van der Waals surface area (Å²) in [6.07, 6.45) is 0.552. The van der Waals surface area contributed by atoms with E-state index in [-0.39, 0.29) is 11.4 Å².